The largest absolute Gasteiger partial charge is 0.416 e. The van der Waals surface area contributed by atoms with Crippen molar-refractivity contribution in [2.75, 3.05) is 0 Å². The van der Waals surface area contributed by atoms with E-state index in [0.717, 1.165) is 0 Å². The van der Waals surface area contributed by atoms with Gasteiger partial charge in [-0.3, -0.25) is 0 Å². The second-order valence-corrected chi connectivity index (χ2v) is 3.83. The molecule has 2 N–H and O–H groups in total. The summed E-state index contributed by atoms with van der Waals surface area (Å²) >= 11 is 0. The first kappa shape index (κ1) is 12.0. The summed E-state index contributed by atoms with van der Waals surface area (Å²) in [5.74, 6) is 0. The van der Waals surface area contributed by atoms with Gasteiger partial charge in [0.1, 0.15) is 0 Å². The molecular formula is C11H14F3N. The van der Waals surface area contributed by atoms with Crippen LogP contribution in [0.15, 0.2) is 18.2 Å². The molecule has 0 amide bonds. The van der Waals surface area contributed by atoms with Gasteiger partial charge < -0.3 is 5.73 Å². The Morgan fingerprint density at radius 3 is 2.40 bits per heavy atom. The Morgan fingerprint density at radius 1 is 1.33 bits per heavy atom. The lowest BCUT2D eigenvalue weighted by Crippen LogP contribution is -2.18. The van der Waals surface area contributed by atoms with E-state index in [-0.39, 0.29) is 11.6 Å². The molecular weight excluding hydrogens is 203 g/mol. The van der Waals surface area contributed by atoms with Crippen LogP contribution >= 0.6 is 0 Å². The molecule has 0 saturated heterocycles. The normalized spacial score (nSPS) is 14.0. The highest BCUT2D eigenvalue weighted by Gasteiger charge is 2.32. The van der Waals surface area contributed by atoms with Crippen LogP contribution in [0.25, 0.3) is 0 Å². The maximum Gasteiger partial charge on any atom is 0.416 e. The summed E-state index contributed by atoms with van der Waals surface area (Å²) in [6.07, 6.45) is -3.82. The summed E-state index contributed by atoms with van der Waals surface area (Å²) in [4.78, 5) is 0. The minimum Gasteiger partial charge on any atom is -0.328 e. The summed E-state index contributed by atoms with van der Waals surface area (Å²) in [5, 5.41) is 0. The first-order chi connectivity index (χ1) is 6.80. The Bertz CT molecular complexity index is 342. The number of aryl methyl sites for hydroxylation is 1. The second kappa shape index (κ2) is 4.23. The molecule has 0 bridgehead atoms. The van der Waals surface area contributed by atoms with Crippen LogP contribution in [0.4, 0.5) is 13.2 Å². The van der Waals surface area contributed by atoms with Gasteiger partial charge in [0.2, 0.25) is 0 Å². The van der Waals surface area contributed by atoms with E-state index in [1.165, 1.54) is 19.1 Å². The molecule has 84 valence electrons. The van der Waals surface area contributed by atoms with Gasteiger partial charge in [-0.1, -0.05) is 12.1 Å². The van der Waals surface area contributed by atoms with Gasteiger partial charge in [-0.2, -0.15) is 13.2 Å². The van der Waals surface area contributed by atoms with Crippen molar-refractivity contribution in [1.29, 1.82) is 0 Å². The molecule has 0 heterocycles. The highest BCUT2D eigenvalue weighted by molar-refractivity contribution is 5.33. The molecule has 0 saturated carbocycles. The highest BCUT2D eigenvalue weighted by atomic mass is 19.4. The average molecular weight is 217 g/mol. The van der Waals surface area contributed by atoms with Crippen LogP contribution in [-0.4, -0.2) is 6.04 Å². The van der Waals surface area contributed by atoms with Crippen LogP contribution in [0.5, 0.6) is 0 Å². The van der Waals surface area contributed by atoms with E-state index in [0.29, 0.717) is 12.0 Å². The lowest BCUT2D eigenvalue weighted by atomic mass is 10.0. The third-order valence-electron chi connectivity index (χ3n) is 2.17. The van der Waals surface area contributed by atoms with Gasteiger partial charge >= 0.3 is 6.18 Å². The van der Waals surface area contributed by atoms with E-state index in [9.17, 15) is 13.2 Å². The Labute approximate surface area is 87.1 Å². The van der Waals surface area contributed by atoms with Crippen molar-refractivity contribution < 1.29 is 13.2 Å². The van der Waals surface area contributed by atoms with Gasteiger partial charge in [0.25, 0.3) is 0 Å². The van der Waals surface area contributed by atoms with Crippen molar-refractivity contribution in [1.82, 2.24) is 0 Å². The van der Waals surface area contributed by atoms with Gasteiger partial charge in [0.05, 0.1) is 5.56 Å². The second-order valence-electron chi connectivity index (χ2n) is 3.83. The molecule has 0 aliphatic rings. The van der Waals surface area contributed by atoms with Crippen molar-refractivity contribution in [2.45, 2.75) is 32.5 Å². The zero-order valence-electron chi connectivity index (χ0n) is 8.73. The molecule has 1 atom stereocenters. The van der Waals surface area contributed by atoms with Gasteiger partial charge in [0.15, 0.2) is 0 Å². The molecule has 1 rings (SSSR count). The Morgan fingerprint density at radius 2 is 1.93 bits per heavy atom. The molecule has 0 unspecified atom stereocenters. The molecule has 0 fully saturated rings. The predicted molar refractivity (Wildman–Crippen MR) is 53.5 cm³/mol. The summed E-state index contributed by atoms with van der Waals surface area (Å²) < 4.78 is 37.6. The SMILES string of the molecule is Cc1ccc(C[C@H](C)N)cc1C(F)(F)F. The summed E-state index contributed by atoms with van der Waals surface area (Å²) in [5.41, 5.74) is 5.85. The molecule has 0 aliphatic heterocycles. The van der Waals surface area contributed by atoms with Gasteiger partial charge in [-0.25, -0.2) is 0 Å². The minimum absolute atomic E-state index is 0.131. The standard InChI is InChI=1S/C11H14F3N/c1-7-3-4-9(5-8(2)15)6-10(7)11(12,13)14/h3-4,6,8H,5,15H2,1-2H3/t8-/m0/s1. The summed E-state index contributed by atoms with van der Waals surface area (Å²) in [6, 6.07) is 4.22. The van der Waals surface area contributed by atoms with Crippen molar-refractivity contribution in [3.8, 4) is 0 Å². The van der Waals surface area contributed by atoms with E-state index < -0.39 is 11.7 Å². The molecule has 15 heavy (non-hydrogen) atoms. The zero-order chi connectivity index (χ0) is 11.6. The van der Waals surface area contributed by atoms with Crippen LogP contribution < -0.4 is 5.73 Å². The number of nitrogens with two attached hydrogens (primary N) is 1. The molecule has 1 aromatic rings. The Kier molecular flexibility index (Phi) is 3.39. The quantitative estimate of drug-likeness (QED) is 0.809. The number of rotatable bonds is 2. The predicted octanol–water partition coefficient (Wildman–Crippen LogP) is 2.90. The number of hydrogen-bond donors (Lipinski definition) is 1. The van der Waals surface area contributed by atoms with E-state index in [1.807, 2.05) is 0 Å². The maximum atomic E-state index is 12.5. The van der Waals surface area contributed by atoms with Crippen LogP contribution in [0.3, 0.4) is 0 Å². The molecule has 0 radical (unpaired) electrons. The molecule has 1 nitrogen and oxygen atoms in total. The fourth-order valence-electron chi connectivity index (χ4n) is 1.47. The smallest absolute Gasteiger partial charge is 0.328 e. The summed E-state index contributed by atoms with van der Waals surface area (Å²) in [6.45, 7) is 3.23. The highest BCUT2D eigenvalue weighted by Crippen LogP contribution is 2.32. The first-order valence-electron chi connectivity index (χ1n) is 4.73. The maximum absolute atomic E-state index is 12.5. The fraction of sp³-hybridized carbons (Fsp3) is 0.455. The molecule has 1 aromatic carbocycles. The number of benzene rings is 1. The van der Waals surface area contributed by atoms with Crippen molar-refractivity contribution in [2.24, 2.45) is 5.73 Å². The van der Waals surface area contributed by atoms with E-state index in [4.69, 9.17) is 5.73 Å². The lowest BCUT2D eigenvalue weighted by molar-refractivity contribution is -0.138. The van der Waals surface area contributed by atoms with E-state index in [1.54, 1.807) is 13.0 Å². The number of alkyl halides is 3. The Hall–Kier alpha value is -1.03. The van der Waals surface area contributed by atoms with Crippen molar-refractivity contribution in [3.63, 3.8) is 0 Å². The first-order valence-corrected chi connectivity index (χ1v) is 4.73. The zero-order valence-corrected chi connectivity index (χ0v) is 8.73. The Balaban J connectivity index is 3.06. The van der Waals surface area contributed by atoms with Crippen LogP contribution in [0, 0.1) is 6.92 Å². The van der Waals surface area contributed by atoms with E-state index in [2.05, 4.69) is 0 Å². The fourth-order valence-corrected chi connectivity index (χ4v) is 1.47. The van der Waals surface area contributed by atoms with Crippen molar-refractivity contribution >= 4 is 0 Å². The monoisotopic (exact) mass is 217 g/mol. The van der Waals surface area contributed by atoms with Crippen LogP contribution in [0.1, 0.15) is 23.6 Å². The third-order valence-corrected chi connectivity index (χ3v) is 2.17. The summed E-state index contributed by atoms with van der Waals surface area (Å²) in [7, 11) is 0. The van der Waals surface area contributed by atoms with Gasteiger partial charge in [0, 0.05) is 6.04 Å². The molecule has 0 aliphatic carbocycles. The average Bonchev–Trinajstić information content (AvgIpc) is 2.05. The molecule has 0 aromatic heterocycles. The van der Waals surface area contributed by atoms with Crippen LogP contribution in [0.2, 0.25) is 0 Å². The number of halogens is 3. The van der Waals surface area contributed by atoms with Crippen molar-refractivity contribution in [3.05, 3.63) is 34.9 Å². The lowest BCUT2D eigenvalue weighted by Gasteiger charge is -2.13. The van der Waals surface area contributed by atoms with E-state index >= 15 is 0 Å². The topological polar surface area (TPSA) is 26.0 Å². The minimum atomic E-state index is -4.28. The molecule has 0 spiro atoms. The molecule has 4 heteroatoms. The van der Waals surface area contributed by atoms with Gasteiger partial charge in [-0.15, -0.1) is 0 Å². The van der Waals surface area contributed by atoms with Crippen LogP contribution in [-0.2, 0) is 12.6 Å². The van der Waals surface area contributed by atoms with Gasteiger partial charge in [-0.05, 0) is 37.5 Å². The third kappa shape index (κ3) is 3.23. The number of hydrogen-bond acceptors (Lipinski definition) is 1.